The first-order valence-electron chi connectivity index (χ1n) is 7.71. The summed E-state index contributed by atoms with van der Waals surface area (Å²) in [5.41, 5.74) is 9.86. The average Bonchev–Trinajstić information content (AvgIpc) is 2.59. The van der Waals surface area contributed by atoms with Gasteiger partial charge in [-0.15, -0.1) is 0 Å². The maximum atomic E-state index is 6.07. The monoisotopic (exact) mass is 315 g/mol. The zero-order chi connectivity index (χ0) is 16.7. The number of hydrogen-bond donors (Lipinski definition) is 1. The van der Waals surface area contributed by atoms with Crippen molar-refractivity contribution in [1.82, 2.24) is 0 Å². The highest BCUT2D eigenvalue weighted by Crippen LogP contribution is 2.37. The van der Waals surface area contributed by atoms with Crippen molar-refractivity contribution in [3.8, 4) is 17.2 Å². The topological polar surface area (TPSA) is 44.5 Å². The van der Waals surface area contributed by atoms with Crippen molar-refractivity contribution in [3.05, 3.63) is 82.2 Å². The molecule has 0 radical (unpaired) electrons. The van der Waals surface area contributed by atoms with Crippen molar-refractivity contribution >= 4 is 17.8 Å². The molecule has 0 fully saturated rings. The standard InChI is InChI=1S/C21H17NO2/c1-13-3-9-17-19(11-13)24-20-12-15(22)6-10-18(20)21(17)14-4-7-16(23-2)8-5-14/h3-12H,1,22H2,2H3. The first-order chi connectivity index (χ1) is 11.7. The predicted octanol–water partition coefficient (Wildman–Crippen LogP) is 3.04. The molecule has 2 N–H and O–H groups in total. The van der Waals surface area contributed by atoms with Crippen LogP contribution in [-0.2, 0) is 0 Å². The summed E-state index contributed by atoms with van der Waals surface area (Å²) in [5.74, 6) is 2.39. The molecule has 3 aromatic rings. The number of anilines is 1. The van der Waals surface area contributed by atoms with E-state index in [1.165, 1.54) is 0 Å². The molecule has 0 amide bonds. The van der Waals surface area contributed by atoms with Crippen LogP contribution in [0.25, 0.3) is 12.2 Å². The van der Waals surface area contributed by atoms with E-state index in [9.17, 15) is 0 Å². The van der Waals surface area contributed by atoms with Crippen LogP contribution in [0.3, 0.4) is 0 Å². The Kier molecular flexibility index (Phi) is 3.28. The molecule has 1 aliphatic heterocycles. The molecule has 3 nitrogen and oxygen atoms in total. The lowest BCUT2D eigenvalue weighted by molar-refractivity contribution is 0.415. The molecule has 118 valence electrons. The largest absolute Gasteiger partial charge is 0.497 e. The number of fused-ring (bicyclic) bond motifs is 2. The van der Waals surface area contributed by atoms with Crippen LogP contribution in [0.15, 0.2) is 60.7 Å². The fraction of sp³-hybridized carbons (Fsp3) is 0.0476. The first kappa shape index (κ1) is 14.4. The van der Waals surface area contributed by atoms with Crippen molar-refractivity contribution < 1.29 is 9.47 Å². The van der Waals surface area contributed by atoms with Crippen LogP contribution in [0.1, 0.15) is 11.1 Å². The van der Waals surface area contributed by atoms with Crippen LogP contribution in [0.2, 0.25) is 0 Å². The molecule has 0 bridgehead atoms. The zero-order valence-corrected chi connectivity index (χ0v) is 13.4. The molecule has 24 heavy (non-hydrogen) atoms. The molecule has 3 aromatic carbocycles. The second-order valence-electron chi connectivity index (χ2n) is 5.79. The van der Waals surface area contributed by atoms with Crippen molar-refractivity contribution in [2.75, 3.05) is 12.8 Å². The predicted molar refractivity (Wildman–Crippen MR) is 96.7 cm³/mol. The third-order valence-corrected chi connectivity index (χ3v) is 4.19. The molecule has 0 saturated carbocycles. The highest BCUT2D eigenvalue weighted by molar-refractivity contribution is 5.86. The van der Waals surface area contributed by atoms with Crippen molar-refractivity contribution in [2.45, 2.75) is 0 Å². The zero-order valence-electron chi connectivity index (χ0n) is 13.4. The summed E-state index contributed by atoms with van der Waals surface area (Å²) in [6, 6.07) is 19.8. The summed E-state index contributed by atoms with van der Waals surface area (Å²) in [5, 5.41) is 1.96. The van der Waals surface area contributed by atoms with Gasteiger partial charge in [-0.05, 0) is 41.1 Å². The maximum Gasteiger partial charge on any atom is 0.137 e. The van der Waals surface area contributed by atoms with Gasteiger partial charge in [-0.25, -0.2) is 0 Å². The molecule has 0 aliphatic carbocycles. The SMILES string of the molecule is C=c1ccc2c(c1)Oc1cc(N)ccc1C=2c1ccc(OC)cc1. The van der Waals surface area contributed by atoms with Gasteiger partial charge in [0.25, 0.3) is 0 Å². The first-order valence-corrected chi connectivity index (χ1v) is 7.71. The average molecular weight is 315 g/mol. The molecule has 0 spiro atoms. The Hall–Kier alpha value is -3.20. The minimum Gasteiger partial charge on any atom is -0.497 e. The Morgan fingerprint density at radius 3 is 2.46 bits per heavy atom. The quantitative estimate of drug-likeness (QED) is 0.578. The van der Waals surface area contributed by atoms with Crippen LogP contribution in [0.5, 0.6) is 17.2 Å². The third kappa shape index (κ3) is 2.31. The summed E-state index contributed by atoms with van der Waals surface area (Å²) in [6.45, 7) is 3.99. The molecule has 0 saturated heterocycles. The lowest BCUT2D eigenvalue weighted by Crippen LogP contribution is -2.19. The number of nitrogen functional groups attached to an aromatic ring is 1. The number of benzene rings is 3. The smallest absolute Gasteiger partial charge is 0.137 e. The number of methoxy groups -OCH3 is 1. The number of rotatable bonds is 2. The summed E-state index contributed by atoms with van der Waals surface area (Å²) >= 11 is 0. The van der Waals surface area contributed by atoms with E-state index in [4.69, 9.17) is 15.2 Å². The van der Waals surface area contributed by atoms with E-state index in [0.29, 0.717) is 5.69 Å². The van der Waals surface area contributed by atoms with Gasteiger partial charge in [0.15, 0.2) is 0 Å². The molecule has 1 heterocycles. The Morgan fingerprint density at radius 1 is 0.917 bits per heavy atom. The molecular weight excluding hydrogens is 298 g/mol. The van der Waals surface area contributed by atoms with Crippen LogP contribution in [0, 0.1) is 0 Å². The van der Waals surface area contributed by atoms with Crippen LogP contribution in [0.4, 0.5) is 5.69 Å². The van der Waals surface area contributed by atoms with Crippen LogP contribution < -0.4 is 25.6 Å². The Balaban J connectivity index is 2.05. The van der Waals surface area contributed by atoms with E-state index in [0.717, 1.165) is 44.4 Å². The highest BCUT2D eigenvalue weighted by atomic mass is 16.5. The van der Waals surface area contributed by atoms with Gasteiger partial charge in [-0.1, -0.05) is 30.8 Å². The number of ether oxygens (including phenoxy) is 2. The summed E-state index contributed by atoms with van der Waals surface area (Å²) in [7, 11) is 1.67. The summed E-state index contributed by atoms with van der Waals surface area (Å²) in [6.07, 6.45) is 0. The van der Waals surface area contributed by atoms with Gasteiger partial charge in [0, 0.05) is 28.1 Å². The second-order valence-corrected chi connectivity index (χ2v) is 5.79. The number of nitrogens with two attached hydrogens (primary N) is 1. The minimum atomic E-state index is 0.678. The van der Waals surface area contributed by atoms with Gasteiger partial charge in [0.2, 0.25) is 0 Å². The Labute approximate surface area is 140 Å². The van der Waals surface area contributed by atoms with Gasteiger partial charge in [-0.3, -0.25) is 0 Å². The van der Waals surface area contributed by atoms with Crippen molar-refractivity contribution in [3.63, 3.8) is 0 Å². The minimum absolute atomic E-state index is 0.678. The lowest BCUT2D eigenvalue weighted by atomic mass is 9.92. The van der Waals surface area contributed by atoms with Crippen molar-refractivity contribution in [1.29, 1.82) is 0 Å². The van der Waals surface area contributed by atoms with Crippen LogP contribution in [-0.4, -0.2) is 7.11 Å². The van der Waals surface area contributed by atoms with E-state index < -0.39 is 0 Å². The lowest BCUT2D eigenvalue weighted by Gasteiger charge is -2.21. The summed E-state index contributed by atoms with van der Waals surface area (Å²) < 4.78 is 11.3. The fourth-order valence-electron chi connectivity index (χ4n) is 3.02. The van der Waals surface area contributed by atoms with Gasteiger partial charge in [-0.2, -0.15) is 0 Å². The Bertz CT molecular complexity index is 1040. The molecule has 0 atom stereocenters. The van der Waals surface area contributed by atoms with E-state index in [-0.39, 0.29) is 0 Å². The van der Waals surface area contributed by atoms with Crippen molar-refractivity contribution in [2.24, 2.45) is 0 Å². The maximum absolute atomic E-state index is 6.07. The normalized spacial score (nSPS) is 12.1. The molecule has 4 rings (SSSR count). The molecule has 3 heteroatoms. The Morgan fingerprint density at radius 2 is 1.71 bits per heavy atom. The number of hydrogen-bond acceptors (Lipinski definition) is 3. The third-order valence-electron chi connectivity index (χ3n) is 4.19. The van der Waals surface area contributed by atoms with Crippen LogP contribution >= 0.6 is 0 Å². The highest BCUT2D eigenvalue weighted by Gasteiger charge is 2.20. The van der Waals surface area contributed by atoms with E-state index >= 15 is 0 Å². The second kappa shape index (κ2) is 5.46. The van der Waals surface area contributed by atoms with E-state index in [1.807, 2.05) is 42.5 Å². The van der Waals surface area contributed by atoms with Gasteiger partial charge >= 0.3 is 0 Å². The molecular formula is C21H17NO2. The fourth-order valence-corrected chi connectivity index (χ4v) is 3.02. The van der Waals surface area contributed by atoms with Gasteiger partial charge in [0.05, 0.1) is 7.11 Å². The summed E-state index contributed by atoms with van der Waals surface area (Å²) in [4.78, 5) is 0. The van der Waals surface area contributed by atoms with E-state index in [2.05, 4.69) is 24.8 Å². The van der Waals surface area contributed by atoms with Gasteiger partial charge in [0.1, 0.15) is 17.2 Å². The molecule has 0 aromatic heterocycles. The van der Waals surface area contributed by atoms with Gasteiger partial charge < -0.3 is 15.2 Å². The molecule has 0 unspecified atom stereocenters. The molecule has 1 aliphatic rings. The van der Waals surface area contributed by atoms with E-state index in [1.54, 1.807) is 7.11 Å².